The van der Waals surface area contributed by atoms with Crippen molar-refractivity contribution in [2.24, 2.45) is 7.05 Å². The van der Waals surface area contributed by atoms with E-state index in [-0.39, 0.29) is 12.5 Å². The third-order valence-electron chi connectivity index (χ3n) is 2.06. The number of carbonyl (C=O) groups is 1. The van der Waals surface area contributed by atoms with Gasteiger partial charge in [-0.15, -0.1) is 0 Å². The number of hydrogen-bond acceptors (Lipinski definition) is 4. The molecule has 1 aromatic heterocycles. The lowest BCUT2D eigenvalue weighted by molar-refractivity contribution is -0.122. The summed E-state index contributed by atoms with van der Waals surface area (Å²) in [5.74, 6) is -0.0829. The average Bonchev–Trinajstić information content (AvgIpc) is 2.60. The van der Waals surface area contributed by atoms with E-state index in [2.05, 4.69) is 10.4 Å². The molecule has 0 aromatic carbocycles. The second-order valence-corrected chi connectivity index (χ2v) is 3.77. The van der Waals surface area contributed by atoms with Crippen molar-refractivity contribution < 1.29 is 9.90 Å². The van der Waals surface area contributed by atoms with E-state index in [9.17, 15) is 4.79 Å². The molecule has 1 rings (SSSR count). The van der Waals surface area contributed by atoms with Crippen molar-refractivity contribution >= 4 is 5.91 Å². The van der Waals surface area contributed by atoms with Crippen molar-refractivity contribution in [2.45, 2.75) is 6.54 Å². The summed E-state index contributed by atoms with van der Waals surface area (Å²) in [5.41, 5.74) is 1.07. The van der Waals surface area contributed by atoms with E-state index < -0.39 is 0 Å². The standard InChI is InChI=1S/C10H18N4O2/c1-13(8-10(16)11-3-4-15)6-9-5-12-14(2)7-9/h5,7,15H,3-4,6,8H2,1-2H3,(H,11,16). The summed E-state index contributed by atoms with van der Waals surface area (Å²) < 4.78 is 1.73. The van der Waals surface area contributed by atoms with Crippen LogP contribution in [0.5, 0.6) is 0 Å². The first-order valence-electron chi connectivity index (χ1n) is 5.15. The van der Waals surface area contributed by atoms with Crippen LogP contribution in [0, 0.1) is 0 Å². The number of hydrogen-bond donors (Lipinski definition) is 2. The summed E-state index contributed by atoms with van der Waals surface area (Å²) in [6.45, 7) is 1.27. The van der Waals surface area contributed by atoms with Crippen molar-refractivity contribution in [1.82, 2.24) is 20.0 Å². The van der Waals surface area contributed by atoms with Gasteiger partial charge in [0, 0.05) is 31.9 Å². The number of aliphatic hydroxyl groups is 1. The van der Waals surface area contributed by atoms with E-state index in [0.717, 1.165) is 5.56 Å². The van der Waals surface area contributed by atoms with Crippen LogP contribution in [0.3, 0.4) is 0 Å². The number of likely N-dealkylation sites (N-methyl/N-ethyl adjacent to an activating group) is 1. The summed E-state index contributed by atoms with van der Waals surface area (Å²) in [6, 6.07) is 0. The Morgan fingerprint density at radius 3 is 3.00 bits per heavy atom. The number of aryl methyl sites for hydroxylation is 1. The molecular weight excluding hydrogens is 208 g/mol. The van der Waals surface area contributed by atoms with Crippen LogP contribution in [0.2, 0.25) is 0 Å². The highest BCUT2D eigenvalue weighted by Gasteiger charge is 2.07. The van der Waals surface area contributed by atoms with Gasteiger partial charge in [0.1, 0.15) is 0 Å². The lowest BCUT2D eigenvalue weighted by Crippen LogP contribution is -2.36. The first kappa shape index (κ1) is 12.7. The van der Waals surface area contributed by atoms with Gasteiger partial charge in [0.15, 0.2) is 0 Å². The highest BCUT2D eigenvalue weighted by molar-refractivity contribution is 5.77. The Morgan fingerprint density at radius 1 is 1.69 bits per heavy atom. The molecule has 0 spiro atoms. The lowest BCUT2D eigenvalue weighted by atomic mass is 10.3. The molecule has 16 heavy (non-hydrogen) atoms. The van der Waals surface area contributed by atoms with E-state index in [1.807, 2.05) is 25.2 Å². The van der Waals surface area contributed by atoms with E-state index in [0.29, 0.717) is 19.6 Å². The van der Waals surface area contributed by atoms with Crippen LogP contribution in [-0.4, -0.2) is 52.4 Å². The Morgan fingerprint density at radius 2 is 2.44 bits per heavy atom. The number of rotatable bonds is 6. The summed E-state index contributed by atoms with van der Waals surface area (Å²) >= 11 is 0. The van der Waals surface area contributed by atoms with E-state index in [1.165, 1.54) is 0 Å². The molecule has 0 bridgehead atoms. The minimum absolute atomic E-state index is 0.0297. The Bertz CT molecular complexity index is 337. The predicted octanol–water partition coefficient (Wildman–Crippen LogP) is -1.04. The number of aliphatic hydroxyl groups excluding tert-OH is 1. The first-order valence-corrected chi connectivity index (χ1v) is 5.15. The SMILES string of the molecule is CN(CC(=O)NCCO)Cc1cnn(C)c1. The van der Waals surface area contributed by atoms with Crippen molar-refractivity contribution in [3.8, 4) is 0 Å². The molecule has 2 N–H and O–H groups in total. The number of carbonyl (C=O) groups excluding carboxylic acids is 1. The maximum absolute atomic E-state index is 11.3. The van der Waals surface area contributed by atoms with Gasteiger partial charge < -0.3 is 10.4 Å². The number of amides is 1. The van der Waals surface area contributed by atoms with Crippen molar-refractivity contribution in [2.75, 3.05) is 26.7 Å². The minimum Gasteiger partial charge on any atom is -0.395 e. The fourth-order valence-electron chi connectivity index (χ4n) is 1.42. The normalized spacial score (nSPS) is 10.8. The van der Waals surface area contributed by atoms with Gasteiger partial charge >= 0.3 is 0 Å². The molecule has 0 saturated heterocycles. The van der Waals surface area contributed by atoms with Crippen molar-refractivity contribution in [1.29, 1.82) is 0 Å². The van der Waals surface area contributed by atoms with Crippen LogP contribution >= 0.6 is 0 Å². The lowest BCUT2D eigenvalue weighted by Gasteiger charge is -2.14. The second-order valence-electron chi connectivity index (χ2n) is 3.77. The molecule has 1 heterocycles. The minimum atomic E-state index is -0.0829. The molecule has 6 nitrogen and oxygen atoms in total. The molecule has 0 atom stereocenters. The smallest absolute Gasteiger partial charge is 0.234 e. The van der Waals surface area contributed by atoms with Gasteiger partial charge in [-0.25, -0.2) is 0 Å². The largest absolute Gasteiger partial charge is 0.395 e. The Kier molecular flexibility index (Phi) is 4.94. The van der Waals surface area contributed by atoms with Gasteiger partial charge in [0.25, 0.3) is 0 Å². The zero-order chi connectivity index (χ0) is 12.0. The highest BCUT2D eigenvalue weighted by Crippen LogP contribution is 2.00. The van der Waals surface area contributed by atoms with Gasteiger partial charge in [-0.3, -0.25) is 14.4 Å². The van der Waals surface area contributed by atoms with E-state index in [4.69, 9.17) is 5.11 Å². The Balaban J connectivity index is 2.30. The molecule has 0 saturated carbocycles. The van der Waals surface area contributed by atoms with Crippen LogP contribution in [0.4, 0.5) is 0 Å². The Labute approximate surface area is 94.9 Å². The fraction of sp³-hybridized carbons (Fsp3) is 0.600. The van der Waals surface area contributed by atoms with Crippen LogP contribution in [0.25, 0.3) is 0 Å². The molecule has 0 unspecified atom stereocenters. The second kappa shape index (κ2) is 6.24. The van der Waals surface area contributed by atoms with E-state index >= 15 is 0 Å². The van der Waals surface area contributed by atoms with Gasteiger partial charge in [-0.05, 0) is 7.05 Å². The third-order valence-corrected chi connectivity index (χ3v) is 2.06. The average molecular weight is 226 g/mol. The van der Waals surface area contributed by atoms with Gasteiger partial charge in [0.2, 0.25) is 5.91 Å². The molecule has 0 aliphatic heterocycles. The topological polar surface area (TPSA) is 70.4 Å². The first-order chi connectivity index (χ1) is 7.61. The number of aromatic nitrogens is 2. The fourth-order valence-corrected chi connectivity index (χ4v) is 1.42. The molecule has 0 aliphatic carbocycles. The molecule has 0 fully saturated rings. The zero-order valence-electron chi connectivity index (χ0n) is 9.68. The van der Waals surface area contributed by atoms with Crippen molar-refractivity contribution in [3.05, 3.63) is 18.0 Å². The van der Waals surface area contributed by atoms with Crippen LogP contribution in [-0.2, 0) is 18.4 Å². The van der Waals surface area contributed by atoms with Crippen molar-refractivity contribution in [3.63, 3.8) is 0 Å². The maximum Gasteiger partial charge on any atom is 0.234 e. The molecule has 0 radical (unpaired) electrons. The quantitative estimate of drug-likeness (QED) is 0.650. The highest BCUT2D eigenvalue weighted by atomic mass is 16.3. The zero-order valence-corrected chi connectivity index (χ0v) is 9.68. The molecule has 1 aromatic rings. The van der Waals surface area contributed by atoms with Crippen LogP contribution in [0.15, 0.2) is 12.4 Å². The summed E-state index contributed by atoms with van der Waals surface area (Å²) in [5, 5.41) is 15.2. The van der Waals surface area contributed by atoms with E-state index in [1.54, 1.807) is 10.9 Å². The van der Waals surface area contributed by atoms with Gasteiger partial charge in [-0.2, -0.15) is 5.10 Å². The number of nitrogens with zero attached hydrogens (tertiary/aromatic N) is 3. The monoisotopic (exact) mass is 226 g/mol. The van der Waals surface area contributed by atoms with Crippen LogP contribution in [0.1, 0.15) is 5.56 Å². The molecule has 0 aliphatic rings. The van der Waals surface area contributed by atoms with Gasteiger partial charge in [-0.1, -0.05) is 0 Å². The summed E-state index contributed by atoms with van der Waals surface area (Å²) in [6.07, 6.45) is 3.70. The molecule has 90 valence electrons. The van der Waals surface area contributed by atoms with Gasteiger partial charge in [0.05, 0.1) is 19.3 Å². The van der Waals surface area contributed by atoms with Crippen LogP contribution < -0.4 is 5.32 Å². The Hall–Kier alpha value is -1.40. The predicted molar refractivity (Wildman–Crippen MR) is 59.6 cm³/mol. The summed E-state index contributed by atoms with van der Waals surface area (Å²) in [4.78, 5) is 13.2. The molecule has 1 amide bonds. The number of nitrogens with one attached hydrogen (secondary N) is 1. The maximum atomic E-state index is 11.3. The third kappa shape index (κ3) is 4.41. The molecular formula is C10H18N4O2. The summed E-state index contributed by atoms with van der Waals surface area (Å²) in [7, 11) is 3.73. The molecule has 6 heteroatoms.